The molecule has 1 amide bonds. The SMILES string of the molecule is O=C1C=C(N[C@H](Cc2ccccc2)C(=O)Nc2ccc(Br)cc2)C(=O)c2ccccc21. The Morgan fingerprint density at radius 1 is 0.839 bits per heavy atom. The molecule has 3 aromatic rings. The minimum absolute atomic E-state index is 0.121. The molecule has 5 nitrogen and oxygen atoms in total. The highest BCUT2D eigenvalue weighted by molar-refractivity contribution is 9.10. The highest BCUT2D eigenvalue weighted by Gasteiger charge is 2.29. The summed E-state index contributed by atoms with van der Waals surface area (Å²) in [6, 6.07) is 22.7. The molecule has 154 valence electrons. The molecule has 0 bridgehead atoms. The highest BCUT2D eigenvalue weighted by atomic mass is 79.9. The summed E-state index contributed by atoms with van der Waals surface area (Å²) >= 11 is 3.37. The van der Waals surface area contributed by atoms with Gasteiger partial charge in [-0.1, -0.05) is 70.5 Å². The van der Waals surface area contributed by atoms with E-state index < -0.39 is 6.04 Å². The van der Waals surface area contributed by atoms with Gasteiger partial charge in [-0.05, 0) is 29.8 Å². The number of benzene rings is 3. The van der Waals surface area contributed by atoms with Gasteiger partial charge in [-0.2, -0.15) is 0 Å². The minimum atomic E-state index is -0.751. The lowest BCUT2D eigenvalue weighted by Crippen LogP contribution is -2.44. The third kappa shape index (κ3) is 4.81. The second kappa shape index (κ2) is 9.10. The minimum Gasteiger partial charge on any atom is -0.370 e. The van der Waals surface area contributed by atoms with E-state index in [1.165, 1.54) is 6.08 Å². The van der Waals surface area contributed by atoms with Gasteiger partial charge in [0.2, 0.25) is 11.7 Å². The zero-order valence-electron chi connectivity index (χ0n) is 16.5. The predicted octanol–water partition coefficient (Wildman–Crippen LogP) is 4.55. The number of rotatable bonds is 6. The molecule has 4 rings (SSSR count). The smallest absolute Gasteiger partial charge is 0.247 e. The molecule has 0 heterocycles. The van der Waals surface area contributed by atoms with Crippen LogP contribution in [0.2, 0.25) is 0 Å². The fourth-order valence-corrected chi connectivity index (χ4v) is 3.70. The molecule has 31 heavy (non-hydrogen) atoms. The standard InChI is InChI=1S/C25H19BrN2O3/c26-17-10-12-18(13-11-17)27-25(31)22(14-16-6-2-1-3-7-16)28-21-15-23(29)19-8-4-5-9-20(19)24(21)30/h1-13,15,22,28H,14H2,(H,27,31)/t22-/m1/s1. The van der Waals surface area contributed by atoms with E-state index in [0.29, 0.717) is 23.2 Å². The van der Waals surface area contributed by atoms with Crippen LogP contribution in [0.15, 0.2) is 95.1 Å². The zero-order chi connectivity index (χ0) is 21.8. The molecular formula is C25H19BrN2O3. The van der Waals surface area contributed by atoms with Crippen molar-refractivity contribution in [3.05, 3.63) is 112 Å². The van der Waals surface area contributed by atoms with Crippen LogP contribution in [0.25, 0.3) is 0 Å². The number of amides is 1. The molecule has 0 spiro atoms. The summed E-state index contributed by atoms with van der Waals surface area (Å²) in [5.41, 5.74) is 2.40. The first-order valence-electron chi connectivity index (χ1n) is 9.78. The first kappa shape index (κ1) is 20.8. The largest absolute Gasteiger partial charge is 0.370 e. The maximum atomic E-state index is 13.1. The fourth-order valence-electron chi connectivity index (χ4n) is 3.43. The average molecular weight is 475 g/mol. The van der Waals surface area contributed by atoms with Crippen LogP contribution in [0.5, 0.6) is 0 Å². The number of carbonyl (C=O) groups is 3. The molecule has 0 aromatic heterocycles. The van der Waals surface area contributed by atoms with E-state index in [9.17, 15) is 14.4 Å². The lowest BCUT2D eigenvalue weighted by atomic mass is 9.92. The third-order valence-corrected chi connectivity index (χ3v) is 5.53. The summed E-state index contributed by atoms with van der Waals surface area (Å²) in [6.45, 7) is 0. The maximum absolute atomic E-state index is 13.1. The first-order chi connectivity index (χ1) is 15.0. The molecular weight excluding hydrogens is 456 g/mol. The van der Waals surface area contributed by atoms with Crippen molar-refractivity contribution >= 4 is 39.1 Å². The van der Waals surface area contributed by atoms with Crippen LogP contribution >= 0.6 is 15.9 Å². The highest BCUT2D eigenvalue weighted by Crippen LogP contribution is 2.21. The summed E-state index contributed by atoms with van der Waals surface area (Å²) in [5.74, 6) is -0.861. The summed E-state index contributed by atoms with van der Waals surface area (Å²) < 4.78 is 0.902. The summed E-state index contributed by atoms with van der Waals surface area (Å²) in [5, 5.41) is 5.90. The molecule has 1 aliphatic rings. The van der Waals surface area contributed by atoms with Crippen LogP contribution in [-0.2, 0) is 11.2 Å². The first-order valence-corrected chi connectivity index (χ1v) is 10.6. The lowest BCUT2D eigenvalue weighted by molar-refractivity contribution is -0.117. The molecule has 1 aliphatic carbocycles. The van der Waals surface area contributed by atoms with Gasteiger partial charge in [0.05, 0.1) is 5.70 Å². The molecule has 0 radical (unpaired) electrons. The van der Waals surface area contributed by atoms with Crippen molar-refractivity contribution in [2.75, 3.05) is 5.32 Å². The molecule has 0 unspecified atom stereocenters. The Balaban J connectivity index is 1.60. The molecule has 0 saturated carbocycles. The summed E-state index contributed by atoms with van der Waals surface area (Å²) in [6.07, 6.45) is 1.62. The van der Waals surface area contributed by atoms with E-state index >= 15 is 0 Å². The average Bonchev–Trinajstić information content (AvgIpc) is 2.79. The van der Waals surface area contributed by atoms with Crippen molar-refractivity contribution in [3.8, 4) is 0 Å². The number of hydrogen-bond donors (Lipinski definition) is 2. The zero-order valence-corrected chi connectivity index (χ0v) is 18.1. The number of Topliss-reactive ketones (excluding diaryl/α,β-unsaturated/α-hetero) is 1. The number of fused-ring (bicyclic) bond motifs is 1. The van der Waals surface area contributed by atoms with Crippen molar-refractivity contribution in [2.45, 2.75) is 12.5 Å². The Labute approximate surface area is 188 Å². The van der Waals surface area contributed by atoms with Gasteiger partial charge in [0.1, 0.15) is 6.04 Å². The van der Waals surface area contributed by atoms with Crippen LogP contribution in [0.4, 0.5) is 5.69 Å². The number of halogens is 1. The van der Waals surface area contributed by atoms with Gasteiger partial charge in [-0.15, -0.1) is 0 Å². The van der Waals surface area contributed by atoms with Crippen LogP contribution in [-0.4, -0.2) is 23.5 Å². The monoisotopic (exact) mass is 474 g/mol. The van der Waals surface area contributed by atoms with Crippen LogP contribution in [0.1, 0.15) is 26.3 Å². The Bertz CT molecular complexity index is 1170. The second-order valence-corrected chi connectivity index (χ2v) is 8.10. The van der Waals surface area contributed by atoms with E-state index in [1.54, 1.807) is 36.4 Å². The van der Waals surface area contributed by atoms with Gasteiger partial charge in [0.25, 0.3) is 0 Å². The molecule has 3 aromatic carbocycles. The van der Waals surface area contributed by atoms with E-state index in [4.69, 9.17) is 0 Å². The van der Waals surface area contributed by atoms with Crippen LogP contribution < -0.4 is 10.6 Å². The number of carbonyl (C=O) groups excluding carboxylic acids is 3. The number of nitrogens with one attached hydrogen (secondary N) is 2. The van der Waals surface area contributed by atoms with Crippen molar-refractivity contribution in [1.82, 2.24) is 5.32 Å². The van der Waals surface area contributed by atoms with Gasteiger partial charge in [-0.3, -0.25) is 14.4 Å². The van der Waals surface area contributed by atoms with Gasteiger partial charge in [0, 0.05) is 33.8 Å². The molecule has 0 aliphatic heterocycles. The number of anilines is 1. The van der Waals surface area contributed by atoms with Gasteiger partial charge in [-0.25, -0.2) is 0 Å². The maximum Gasteiger partial charge on any atom is 0.247 e. The Hall–Kier alpha value is -3.51. The topological polar surface area (TPSA) is 75.3 Å². The second-order valence-electron chi connectivity index (χ2n) is 7.18. The van der Waals surface area contributed by atoms with E-state index in [-0.39, 0.29) is 23.2 Å². The predicted molar refractivity (Wildman–Crippen MR) is 123 cm³/mol. The Kier molecular flexibility index (Phi) is 6.09. The van der Waals surface area contributed by atoms with Crippen molar-refractivity contribution in [1.29, 1.82) is 0 Å². The number of allylic oxidation sites excluding steroid dienone is 2. The van der Waals surface area contributed by atoms with Crippen molar-refractivity contribution in [3.63, 3.8) is 0 Å². The normalized spacial score (nSPS) is 13.8. The third-order valence-electron chi connectivity index (χ3n) is 5.00. The molecule has 2 N–H and O–H groups in total. The van der Waals surface area contributed by atoms with Gasteiger partial charge >= 0.3 is 0 Å². The van der Waals surface area contributed by atoms with E-state index in [0.717, 1.165) is 10.0 Å². The van der Waals surface area contributed by atoms with Gasteiger partial charge < -0.3 is 10.6 Å². The van der Waals surface area contributed by atoms with E-state index in [2.05, 4.69) is 26.6 Å². The lowest BCUT2D eigenvalue weighted by Gasteiger charge is -2.23. The molecule has 1 atom stereocenters. The molecule has 0 saturated heterocycles. The molecule has 6 heteroatoms. The van der Waals surface area contributed by atoms with Crippen molar-refractivity contribution in [2.24, 2.45) is 0 Å². The van der Waals surface area contributed by atoms with Crippen LogP contribution in [0.3, 0.4) is 0 Å². The number of ketones is 2. The summed E-state index contributed by atoms with van der Waals surface area (Å²) in [4.78, 5) is 38.5. The van der Waals surface area contributed by atoms with Crippen LogP contribution in [0, 0.1) is 0 Å². The molecule has 0 fully saturated rings. The quantitative estimate of drug-likeness (QED) is 0.549. The number of hydrogen-bond acceptors (Lipinski definition) is 4. The van der Waals surface area contributed by atoms with Gasteiger partial charge in [0.15, 0.2) is 5.78 Å². The fraction of sp³-hybridized carbons (Fsp3) is 0.0800. The van der Waals surface area contributed by atoms with E-state index in [1.807, 2.05) is 42.5 Å². The Morgan fingerprint density at radius 2 is 1.48 bits per heavy atom. The Morgan fingerprint density at radius 3 is 2.19 bits per heavy atom. The van der Waals surface area contributed by atoms with Crippen molar-refractivity contribution < 1.29 is 14.4 Å². The summed E-state index contributed by atoms with van der Waals surface area (Å²) in [7, 11) is 0.